The van der Waals surface area contributed by atoms with Crippen LogP contribution in [0, 0.1) is 10.1 Å². The van der Waals surface area contributed by atoms with E-state index in [0.717, 1.165) is 0 Å². The van der Waals surface area contributed by atoms with E-state index in [1.54, 1.807) is 49.5 Å². The van der Waals surface area contributed by atoms with Crippen molar-refractivity contribution >= 4 is 62.2 Å². The lowest BCUT2D eigenvalue weighted by Crippen LogP contribution is -2.23. The molecule has 0 radical (unpaired) electrons. The number of methoxy groups -OCH3 is 1. The van der Waals surface area contributed by atoms with Crippen LogP contribution in [0.2, 0.25) is 0 Å². The number of nitrogens with zero attached hydrogens (tertiary/aromatic N) is 3. The number of ether oxygens (including phenoxy) is 2. The maximum absolute atomic E-state index is 12.9. The number of amidine groups is 1. The van der Waals surface area contributed by atoms with E-state index in [0.29, 0.717) is 42.9 Å². The van der Waals surface area contributed by atoms with E-state index in [1.165, 1.54) is 48.0 Å². The number of thioether (sulfide) groups is 1. The van der Waals surface area contributed by atoms with Crippen molar-refractivity contribution in [2.24, 2.45) is 4.99 Å². The fourth-order valence-corrected chi connectivity index (χ4v) is 5.03. The van der Waals surface area contributed by atoms with Crippen LogP contribution in [-0.4, -0.2) is 46.1 Å². The molecule has 0 aromatic heterocycles. The number of carboxylic acids is 1. The van der Waals surface area contributed by atoms with Gasteiger partial charge in [-0.1, -0.05) is 12.1 Å². The normalized spacial score (nSPS) is 15.2. The summed E-state index contributed by atoms with van der Waals surface area (Å²) in [6, 6.07) is 15.7. The Bertz CT molecular complexity index is 1490. The predicted octanol–water partition coefficient (Wildman–Crippen LogP) is 5.88. The van der Waals surface area contributed by atoms with Crippen LogP contribution < -0.4 is 9.47 Å². The number of amides is 1. The number of nitro groups is 1. The van der Waals surface area contributed by atoms with Gasteiger partial charge in [-0.2, -0.15) is 0 Å². The molecule has 3 aromatic rings. The van der Waals surface area contributed by atoms with Gasteiger partial charge in [0.2, 0.25) is 0 Å². The van der Waals surface area contributed by atoms with E-state index in [-0.39, 0.29) is 23.8 Å². The molecule has 10 nitrogen and oxygen atoms in total. The summed E-state index contributed by atoms with van der Waals surface area (Å²) >= 11 is 4.68. The van der Waals surface area contributed by atoms with Crippen molar-refractivity contribution < 1.29 is 29.1 Å². The molecule has 0 spiro atoms. The molecular formula is C26H20BrN3O7S. The fraction of sp³-hybridized carbons (Fsp3) is 0.115. The molecule has 38 heavy (non-hydrogen) atoms. The molecule has 1 aliphatic rings. The SMILES string of the molecule is COc1cc(/C=C2\SC(=Nc3ccc(C(=O)O)cc3)N(C)C2=O)cc(Br)c1OCc1cccc([N+](=O)[O-])c1. The molecule has 194 valence electrons. The third kappa shape index (κ3) is 6.03. The number of carbonyl (C=O) groups is 2. The summed E-state index contributed by atoms with van der Waals surface area (Å²) in [4.78, 5) is 40.8. The Morgan fingerprint density at radius 3 is 2.61 bits per heavy atom. The third-order valence-corrected chi connectivity index (χ3v) is 7.05. The summed E-state index contributed by atoms with van der Waals surface area (Å²) in [6.45, 7) is 0.0868. The first-order chi connectivity index (χ1) is 18.2. The number of nitro benzene ring substituents is 1. The first-order valence-corrected chi connectivity index (χ1v) is 12.6. The second-order valence-corrected chi connectivity index (χ2v) is 9.83. The fourth-order valence-electron chi connectivity index (χ4n) is 3.47. The maximum Gasteiger partial charge on any atom is 0.335 e. The zero-order chi connectivity index (χ0) is 27.4. The van der Waals surface area contributed by atoms with Crippen molar-refractivity contribution in [1.82, 2.24) is 4.90 Å². The highest BCUT2D eigenvalue weighted by atomic mass is 79.9. The van der Waals surface area contributed by atoms with E-state index in [4.69, 9.17) is 14.6 Å². The summed E-state index contributed by atoms with van der Waals surface area (Å²) < 4.78 is 12.0. The van der Waals surface area contributed by atoms with Gasteiger partial charge < -0.3 is 14.6 Å². The van der Waals surface area contributed by atoms with Gasteiger partial charge in [-0.05, 0) is 81.3 Å². The van der Waals surface area contributed by atoms with Crippen LogP contribution in [0.1, 0.15) is 21.5 Å². The molecule has 3 aromatic carbocycles. The summed E-state index contributed by atoms with van der Waals surface area (Å²) in [5.41, 5.74) is 1.94. The summed E-state index contributed by atoms with van der Waals surface area (Å²) in [6.07, 6.45) is 1.71. The molecule has 1 N–H and O–H groups in total. The molecule has 12 heteroatoms. The highest BCUT2D eigenvalue weighted by Gasteiger charge is 2.30. The first kappa shape index (κ1) is 26.9. The van der Waals surface area contributed by atoms with E-state index in [1.807, 2.05) is 0 Å². The van der Waals surface area contributed by atoms with E-state index >= 15 is 0 Å². The topological polar surface area (TPSA) is 132 Å². The highest BCUT2D eigenvalue weighted by molar-refractivity contribution is 9.10. The molecule has 0 bridgehead atoms. The lowest BCUT2D eigenvalue weighted by Gasteiger charge is -2.14. The van der Waals surface area contributed by atoms with Crippen molar-refractivity contribution in [2.45, 2.75) is 6.61 Å². The van der Waals surface area contributed by atoms with Gasteiger partial charge in [0.25, 0.3) is 11.6 Å². The molecule has 0 unspecified atom stereocenters. The number of hydrogen-bond donors (Lipinski definition) is 1. The lowest BCUT2D eigenvalue weighted by molar-refractivity contribution is -0.384. The van der Waals surface area contributed by atoms with Crippen LogP contribution in [0.5, 0.6) is 11.5 Å². The van der Waals surface area contributed by atoms with Crippen LogP contribution >= 0.6 is 27.7 Å². The molecule has 1 saturated heterocycles. The molecule has 1 heterocycles. The molecule has 1 fully saturated rings. The Labute approximate surface area is 229 Å². The van der Waals surface area contributed by atoms with Crippen LogP contribution in [-0.2, 0) is 11.4 Å². The molecule has 0 atom stereocenters. The molecule has 0 aliphatic carbocycles. The van der Waals surface area contributed by atoms with Crippen LogP contribution in [0.25, 0.3) is 6.08 Å². The second kappa shape index (κ2) is 11.5. The Morgan fingerprint density at radius 2 is 1.95 bits per heavy atom. The van der Waals surface area contributed by atoms with E-state index in [9.17, 15) is 19.7 Å². The molecule has 1 amide bonds. The van der Waals surface area contributed by atoms with Gasteiger partial charge in [0.15, 0.2) is 16.7 Å². The predicted molar refractivity (Wildman–Crippen MR) is 147 cm³/mol. The van der Waals surface area contributed by atoms with Gasteiger partial charge in [-0.25, -0.2) is 9.79 Å². The van der Waals surface area contributed by atoms with Gasteiger partial charge in [0.1, 0.15) is 6.61 Å². The molecule has 4 rings (SSSR count). The van der Waals surface area contributed by atoms with Crippen molar-refractivity contribution in [3.63, 3.8) is 0 Å². The Morgan fingerprint density at radius 1 is 1.21 bits per heavy atom. The summed E-state index contributed by atoms with van der Waals surface area (Å²) in [5.74, 6) is -0.445. The number of likely N-dealkylation sites (N-methyl/N-ethyl adjacent to an activating group) is 1. The number of rotatable bonds is 8. The standard InChI is InChI=1S/C26H20BrN3O7S/c1-29-24(31)22(38-26(29)28-18-8-6-17(7-9-18)25(32)33)13-16-11-20(27)23(21(12-16)36-2)37-14-15-4-3-5-19(10-15)30(34)35/h3-13H,14H2,1-2H3,(H,32,33)/b22-13-,28-26?. The van der Waals surface area contributed by atoms with Gasteiger partial charge in [0.05, 0.1) is 32.7 Å². The van der Waals surface area contributed by atoms with Crippen molar-refractivity contribution in [1.29, 1.82) is 0 Å². The average molecular weight is 598 g/mol. The van der Waals surface area contributed by atoms with Crippen LogP contribution in [0.3, 0.4) is 0 Å². The minimum Gasteiger partial charge on any atom is -0.493 e. The summed E-state index contributed by atoms with van der Waals surface area (Å²) in [5, 5.41) is 20.5. The monoisotopic (exact) mass is 597 g/mol. The number of carboxylic acid groups (broad SMARTS) is 1. The Kier molecular flexibility index (Phi) is 8.13. The molecule has 1 aliphatic heterocycles. The largest absolute Gasteiger partial charge is 0.493 e. The number of halogens is 1. The Balaban J connectivity index is 1.55. The van der Waals surface area contributed by atoms with Gasteiger partial charge in [-0.15, -0.1) is 0 Å². The molecule has 0 saturated carbocycles. The number of benzene rings is 3. The van der Waals surface area contributed by atoms with Crippen LogP contribution in [0.15, 0.2) is 75.0 Å². The maximum atomic E-state index is 12.9. The van der Waals surface area contributed by atoms with E-state index in [2.05, 4.69) is 20.9 Å². The van der Waals surface area contributed by atoms with Gasteiger partial charge in [0, 0.05) is 19.2 Å². The average Bonchev–Trinajstić information content (AvgIpc) is 3.15. The number of non-ortho nitro benzene ring substituents is 1. The highest BCUT2D eigenvalue weighted by Crippen LogP contribution is 2.39. The van der Waals surface area contributed by atoms with Crippen molar-refractivity contribution in [2.75, 3.05) is 14.2 Å². The minimum absolute atomic E-state index is 0.0250. The lowest BCUT2D eigenvalue weighted by atomic mass is 10.1. The number of aromatic carboxylic acids is 1. The van der Waals surface area contributed by atoms with Crippen LogP contribution in [0.4, 0.5) is 11.4 Å². The number of carbonyl (C=O) groups excluding carboxylic acids is 1. The minimum atomic E-state index is -1.03. The quantitative estimate of drug-likeness (QED) is 0.193. The van der Waals surface area contributed by atoms with Crippen molar-refractivity contribution in [3.8, 4) is 11.5 Å². The van der Waals surface area contributed by atoms with E-state index < -0.39 is 10.9 Å². The first-order valence-electron chi connectivity index (χ1n) is 11.0. The Hall–Kier alpha value is -4.16. The van der Waals surface area contributed by atoms with Gasteiger partial charge >= 0.3 is 5.97 Å². The third-order valence-electron chi connectivity index (χ3n) is 5.40. The second-order valence-electron chi connectivity index (χ2n) is 7.97. The smallest absolute Gasteiger partial charge is 0.335 e. The summed E-state index contributed by atoms with van der Waals surface area (Å²) in [7, 11) is 3.10. The van der Waals surface area contributed by atoms with Crippen molar-refractivity contribution in [3.05, 3.63) is 96.8 Å². The number of aliphatic imine (C=N–C) groups is 1. The molecular weight excluding hydrogens is 578 g/mol. The number of hydrogen-bond acceptors (Lipinski definition) is 8. The zero-order valence-electron chi connectivity index (χ0n) is 20.1. The zero-order valence-corrected chi connectivity index (χ0v) is 22.5. The van der Waals surface area contributed by atoms with Gasteiger partial charge in [-0.3, -0.25) is 19.8 Å².